The lowest BCUT2D eigenvalue weighted by Crippen LogP contribution is -2.34. The first-order valence-electron chi connectivity index (χ1n) is 4.77. The Morgan fingerprint density at radius 1 is 1.69 bits per heavy atom. The van der Waals surface area contributed by atoms with Crippen LogP contribution in [0.5, 0.6) is 0 Å². The zero-order chi connectivity index (χ0) is 9.84. The summed E-state index contributed by atoms with van der Waals surface area (Å²) >= 11 is 0. The molecule has 0 spiro atoms. The molecule has 1 amide bonds. The molecule has 1 heterocycles. The van der Waals surface area contributed by atoms with Gasteiger partial charge in [0.25, 0.3) is 0 Å². The van der Waals surface area contributed by atoms with E-state index in [1.54, 1.807) is 0 Å². The van der Waals surface area contributed by atoms with Crippen LogP contribution in [0.15, 0.2) is 12.2 Å². The van der Waals surface area contributed by atoms with Crippen molar-refractivity contribution in [3.05, 3.63) is 12.2 Å². The molecular formula is C10H17NO2. The van der Waals surface area contributed by atoms with Crippen LogP contribution in [0.4, 0.5) is 4.79 Å². The third-order valence-corrected chi connectivity index (χ3v) is 2.35. The highest BCUT2D eigenvalue weighted by Gasteiger charge is 2.23. The van der Waals surface area contributed by atoms with Crippen LogP contribution in [0, 0.1) is 5.92 Å². The largest absolute Gasteiger partial charge is 0.465 e. The van der Waals surface area contributed by atoms with Crippen molar-refractivity contribution >= 4 is 6.09 Å². The van der Waals surface area contributed by atoms with Crippen LogP contribution in [0.2, 0.25) is 0 Å². The van der Waals surface area contributed by atoms with E-state index in [1.807, 2.05) is 12.2 Å². The van der Waals surface area contributed by atoms with Crippen molar-refractivity contribution in [3.8, 4) is 0 Å². The summed E-state index contributed by atoms with van der Waals surface area (Å²) in [5, 5.41) is 8.83. The van der Waals surface area contributed by atoms with E-state index in [1.165, 1.54) is 4.90 Å². The highest BCUT2D eigenvalue weighted by atomic mass is 16.4. The molecule has 74 valence electrons. The number of rotatable bonds is 3. The average Bonchev–Trinajstić information content (AvgIpc) is 2.47. The quantitative estimate of drug-likeness (QED) is 0.682. The highest BCUT2D eigenvalue weighted by Crippen LogP contribution is 2.17. The molecule has 0 fully saturated rings. The monoisotopic (exact) mass is 183 g/mol. The second kappa shape index (κ2) is 4.30. The number of carbonyl (C=O) groups is 1. The standard InChI is InChI=1S/C10H17NO2/c1-8(2)5-6-9-4-3-7-11(9)10(12)13/h3-4,8-9H,5-7H2,1-2H3,(H,12,13). The van der Waals surface area contributed by atoms with Gasteiger partial charge in [0.2, 0.25) is 0 Å². The summed E-state index contributed by atoms with van der Waals surface area (Å²) < 4.78 is 0. The maximum absolute atomic E-state index is 10.7. The third kappa shape index (κ3) is 2.76. The first-order chi connectivity index (χ1) is 6.11. The fraction of sp³-hybridized carbons (Fsp3) is 0.700. The molecule has 0 aromatic rings. The SMILES string of the molecule is CC(C)CCC1C=CCN1C(=O)O. The van der Waals surface area contributed by atoms with Crippen LogP contribution in [-0.4, -0.2) is 28.7 Å². The Morgan fingerprint density at radius 2 is 2.38 bits per heavy atom. The van der Waals surface area contributed by atoms with Gasteiger partial charge in [-0.1, -0.05) is 26.0 Å². The maximum Gasteiger partial charge on any atom is 0.408 e. The van der Waals surface area contributed by atoms with Crippen molar-refractivity contribution in [2.45, 2.75) is 32.7 Å². The van der Waals surface area contributed by atoms with Crippen molar-refractivity contribution in [2.75, 3.05) is 6.54 Å². The van der Waals surface area contributed by atoms with E-state index in [0.717, 1.165) is 12.8 Å². The predicted molar refractivity (Wildman–Crippen MR) is 51.7 cm³/mol. The molecular weight excluding hydrogens is 166 g/mol. The molecule has 0 aromatic heterocycles. The summed E-state index contributed by atoms with van der Waals surface area (Å²) in [5.41, 5.74) is 0. The first kappa shape index (κ1) is 10.1. The molecule has 1 aliphatic heterocycles. The van der Waals surface area contributed by atoms with Crippen LogP contribution in [0.25, 0.3) is 0 Å². The molecule has 1 rings (SSSR count). The van der Waals surface area contributed by atoms with Crippen LogP contribution in [0.3, 0.4) is 0 Å². The third-order valence-electron chi connectivity index (χ3n) is 2.35. The highest BCUT2D eigenvalue weighted by molar-refractivity contribution is 5.66. The molecule has 0 saturated heterocycles. The smallest absolute Gasteiger partial charge is 0.408 e. The van der Waals surface area contributed by atoms with E-state index in [-0.39, 0.29) is 6.04 Å². The summed E-state index contributed by atoms with van der Waals surface area (Å²) in [7, 11) is 0. The van der Waals surface area contributed by atoms with Crippen LogP contribution in [-0.2, 0) is 0 Å². The van der Waals surface area contributed by atoms with Crippen molar-refractivity contribution in [1.82, 2.24) is 4.90 Å². The summed E-state index contributed by atoms with van der Waals surface area (Å²) in [6, 6.07) is 0.111. The molecule has 0 saturated carbocycles. The molecule has 1 atom stereocenters. The molecule has 0 aliphatic carbocycles. The summed E-state index contributed by atoms with van der Waals surface area (Å²) in [4.78, 5) is 12.2. The number of hydrogen-bond donors (Lipinski definition) is 1. The molecule has 0 radical (unpaired) electrons. The molecule has 3 nitrogen and oxygen atoms in total. The molecule has 0 bridgehead atoms. The van der Waals surface area contributed by atoms with Gasteiger partial charge in [0.05, 0.1) is 6.04 Å². The normalized spacial score (nSPS) is 21.5. The van der Waals surface area contributed by atoms with Gasteiger partial charge in [-0.3, -0.25) is 4.90 Å². The maximum atomic E-state index is 10.7. The van der Waals surface area contributed by atoms with E-state index in [4.69, 9.17) is 5.11 Å². The second-order valence-electron chi connectivity index (χ2n) is 3.90. The molecule has 13 heavy (non-hydrogen) atoms. The fourth-order valence-electron chi connectivity index (χ4n) is 1.55. The summed E-state index contributed by atoms with van der Waals surface area (Å²) in [6.45, 7) is 4.87. The number of amides is 1. The zero-order valence-electron chi connectivity index (χ0n) is 8.23. The minimum Gasteiger partial charge on any atom is -0.465 e. The average molecular weight is 183 g/mol. The van der Waals surface area contributed by atoms with E-state index >= 15 is 0 Å². The molecule has 1 N–H and O–H groups in total. The van der Waals surface area contributed by atoms with Gasteiger partial charge in [-0.25, -0.2) is 4.79 Å². The number of nitrogens with zero attached hydrogens (tertiary/aromatic N) is 1. The fourth-order valence-corrected chi connectivity index (χ4v) is 1.55. The predicted octanol–water partition coefficient (Wildman–Crippen LogP) is 2.34. The van der Waals surface area contributed by atoms with Gasteiger partial charge in [-0.15, -0.1) is 0 Å². The van der Waals surface area contributed by atoms with Gasteiger partial charge in [0.1, 0.15) is 0 Å². The first-order valence-corrected chi connectivity index (χ1v) is 4.77. The minimum absolute atomic E-state index is 0.111. The lowest BCUT2D eigenvalue weighted by Gasteiger charge is -2.21. The zero-order valence-corrected chi connectivity index (χ0v) is 8.23. The van der Waals surface area contributed by atoms with Gasteiger partial charge in [-0.05, 0) is 18.8 Å². The van der Waals surface area contributed by atoms with E-state index in [0.29, 0.717) is 12.5 Å². The lowest BCUT2D eigenvalue weighted by atomic mass is 10.0. The number of hydrogen-bond acceptors (Lipinski definition) is 1. The van der Waals surface area contributed by atoms with Crippen molar-refractivity contribution in [3.63, 3.8) is 0 Å². The lowest BCUT2D eigenvalue weighted by molar-refractivity contribution is 0.141. The second-order valence-corrected chi connectivity index (χ2v) is 3.90. The molecule has 1 aliphatic rings. The van der Waals surface area contributed by atoms with Crippen LogP contribution in [0.1, 0.15) is 26.7 Å². The topological polar surface area (TPSA) is 40.5 Å². The van der Waals surface area contributed by atoms with Crippen molar-refractivity contribution in [2.24, 2.45) is 5.92 Å². The van der Waals surface area contributed by atoms with Crippen molar-refractivity contribution < 1.29 is 9.90 Å². The van der Waals surface area contributed by atoms with Gasteiger partial charge in [0, 0.05) is 6.54 Å². The Balaban J connectivity index is 2.39. The van der Waals surface area contributed by atoms with Crippen LogP contribution < -0.4 is 0 Å². The Kier molecular flexibility index (Phi) is 3.34. The van der Waals surface area contributed by atoms with Crippen LogP contribution >= 0.6 is 0 Å². The van der Waals surface area contributed by atoms with Gasteiger partial charge in [-0.2, -0.15) is 0 Å². The summed E-state index contributed by atoms with van der Waals surface area (Å²) in [5.74, 6) is 0.643. The Hall–Kier alpha value is -0.990. The Labute approximate surface area is 79.0 Å². The Morgan fingerprint density at radius 3 is 2.92 bits per heavy atom. The van der Waals surface area contributed by atoms with E-state index < -0.39 is 6.09 Å². The van der Waals surface area contributed by atoms with Crippen molar-refractivity contribution in [1.29, 1.82) is 0 Å². The van der Waals surface area contributed by atoms with E-state index in [9.17, 15) is 4.79 Å². The molecule has 1 unspecified atom stereocenters. The molecule has 3 heteroatoms. The van der Waals surface area contributed by atoms with Gasteiger partial charge < -0.3 is 5.11 Å². The summed E-state index contributed by atoms with van der Waals surface area (Å²) in [6.07, 6.45) is 5.15. The van der Waals surface area contributed by atoms with E-state index in [2.05, 4.69) is 13.8 Å². The number of carboxylic acid groups (broad SMARTS) is 1. The van der Waals surface area contributed by atoms with Gasteiger partial charge >= 0.3 is 6.09 Å². The van der Waals surface area contributed by atoms with Gasteiger partial charge in [0.15, 0.2) is 0 Å². The molecule has 0 aromatic carbocycles. The minimum atomic E-state index is -0.807. The Bertz CT molecular complexity index is 211.